The van der Waals surface area contributed by atoms with E-state index in [2.05, 4.69) is 5.32 Å². The molecule has 1 N–H and O–H groups in total. The lowest BCUT2D eigenvalue weighted by atomic mass is 10.1. The van der Waals surface area contributed by atoms with Crippen molar-refractivity contribution < 1.29 is 9.53 Å². The van der Waals surface area contributed by atoms with E-state index in [1.54, 1.807) is 37.5 Å². The van der Waals surface area contributed by atoms with E-state index in [1.165, 1.54) is 4.57 Å². The van der Waals surface area contributed by atoms with Crippen LogP contribution < -0.4 is 24.8 Å². The number of para-hydroxylation sites is 1. The van der Waals surface area contributed by atoms with Gasteiger partial charge in [0.25, 0.3) is 11.5 Å². The zero-order valence-electron chi connectivity index (χ0n) is 19.3. The first-order chi connectivity index (χ1) is 17.0. The minimum atomic E-state index is -0.539. The summed E-state index contributed by atoms with van der Waals surface area (Å²) in [6.07, 6.45) is 1.73. The standard InChI is InChI=1S/C28H23N3O3S/c1-19(21-11-5-3-6-12-21)30-26(32)24(18-29)28-31(22-13-7-4-8-14-22)27(33)25(35-28)17-20-10-9-15-23(16-20)34-2/h3-17,19H,1-2H3,(H,30,32)/b25-17+,28-24-/t19-/m1/s1. The van der Waals surface area contributed by atoms with Crippen LogP contribution in [-0.4, -0.2) is 17.6 Å². The molecule has 6 nitrogen and oxygen atoms in total. The number of carbonyl (C=O) groups is 1. The summed E-state index contributed by atoms with van der Waals surface area (Å²) in [5, 5.41) is 12.9. The Bertz CT molecular complexity index is 1570. The third-order valence-electron chi connectivity index (χ3n) is 5.43. The van der Waals surface area contributed by atoms with E-state index in [0.717, 1.165) is 22.5 Å². The monoisotopic (exact) mass is 481 g/mol. The fraction of sp³-hybridized carbons (Fsp3) is 0.107. The van der Waals surface area contributed by atoms with Crippen molar-refractivity contribution in [3.05, 3.63) is 116 Å². The number of nitriles is 1. The number of benzene rings is 3. The molecule has 7 heteroatoms. The van der Waals surface area contributed by atoms with Crippen LogP contribution in [0.15, 0.2) is 89.7 Å². The van der Waals surface area contributed by atoms with Crippen LogP contribution in [0, 0.1) is 11.3 Å². The predicted molar refractivity (Wildman–Crippen MR) is 138 cm³/mol. The van der Waals surface area contributed by atoms with E-state index in [1.807, 2.05) is 73.7 Å². The van der Waals surface area contributed by atoms with Gasteiger partial charge in [0.15, 0.2) is 5.57 Å². The van der Waals surface area contributed by atoms with Gasteiger partial charge in [-0.25, -0.2) is 0 Å². The molecule has 0 fully saturated rings. The van der Waals surface area contributed by atoms with Crippen molar-refractivity contribution in [3.63, 3.8) is 0 Å². The minimum Gasteiger partial charge on any atom is -0.497 e. The molecule has 0 bridgehead atoms. The highest BCUT2D eigenvalue weighted by Gasteiger charge is 2.19. The van der Waals surface area contributed by atoms with Crippen molar-refractivity contribution in [2.75, 3.05) is 7.11 Å². The molecule has 4 aromatic rings. The van der Waals surface area contributed by atoms with Crippen LogP contribution in [0.5, 0.6) is 5.75 Å². The zero-order chi connectivity index (χ0) is 24.8. The van der Waals surface area contributed by atoms with Gasteiger partial charge in [0.2, 0.25) is 0 Å². The summed E-state index contributed by atoms with van der Waals surface area (Å²) in [6, 6.07) is 27.5. The summed E-state index contributed by atoms with van der Waals surface area (Å²) < 4.78 is 7.37. The van der Waals surface area contributed by atoms with Gasteiger partial charge in [-0.1, -0.05) is 60.7 Å². The lowest BCUT2D eigenvalue weighted by Gasteiger charge is -2.13. The van der Waals surface area contributed by atoms with E-state index in [9.17, 15) is 14.9 Å². The summed E-state index contributed by atoms with van der Waals surface area (Å²) in [5.74, 6) is 0.125. The molecule has 0 aliphatic rings. The number of nitrogens with one attached hydrogen (secondary N) is 1. The van der Waals surface area contributed by atoms with Crippen molar-refractivity contribution in [1.82, 2.24) is 9.88 Å². The molecule has 0 aliphatic heterocycles. The molecular weight excluding hydrogens is 458 g/mol. The summed E-state index contributed by atoms with van der Waals surface area (Å²) in [4.78, 5) is 26.7. The third-order valence-corrected chi connectivity index (χ3v) is 6.52. The third kappa shape index (κ3) is 5.24. The Morgan fingerprint density at radius 1 is 1.06 bits per heavy atom. The number of amides is 1. The minimum absolute atomic E-state index is 0.121. The lowest BCUT2D eigenvalue weighted by molar-refractivity contribution is -0.116. The van der Waals surface area contributed by atoms with Crippen LogP contribution >= 0.6 is 11.3 Å². The van der Waals surface area contributed by atoms with E-state index < -0.39 is 5.91 Å². The van der Waals surface area contributed by atoms with Crippen molar-refractivity contribution in [2.45, 2.75) is 13.0 Å². The highest BCUT2D eigenvalue weighted by molar-refractivity contribution is 7.07. The molecule has 1 aromatic heterocycles. The molecule has 35 heavy (non-hydrogen) atoms. The number of carbonyl (C=O) groups excluding carboxylic acids is 1. The fourth-order valence-corrected chi connectivity index (χ4v) is 4.74. The number of ether oxygens (including phenoxy) is 1. The largest absolute Gasteiger partial charge is 0.497 e. The first kappa shape index (κ1) is 23.7. The Morgan fingerprint density at radius 2 is 1.74 bits per heavy atom. The van der Waals surface area contributed by atoms with Gasteiger partial charge in [-0.3, -0.25) is 14.2 Å². The molecule has 1 amide bonds. The molecule has 0 spiro atoms. The van der Waals surface area contributed by atoms with E-state index in [4.69, 9.17) is 4.74 Å². The van der Waals surface area contributed by atoms with Crippen molar-refractivity contribution in [2.24, 2.45) is 0 Å². The van der Waals surface area contributed by atoms with E-state index in [-0.39, 0.29) is 21.8 Å². The number of hydrogen-bond donors (Lipinski definition) is 1. The van der Waals surface area contributed by atoms with Crippen LogP contribution in [0.1, 0.15) is 24.1 Å². The summed E-state index contributed by atoms with van der Waals surface area (Å²) in [5.41, 5.74) is 1.83. The van der Waals surface area contributed by atoms with Crippen LogP contribution in [0.25, 0.3) is 17.3 Å². The normalized spacial score (nSPS) is 13.0. The highest BCUT2D eigenvalue weighted by Crippen LogP contribution is 2.14. The smallest absolute Gasteiger partial charge is 0.273 e. The molecule has 174 valence electrons. The van der Waals surface area contributed by atoms with Crippen LogP contribution in [0.2, 0.25) is 0 Å². The molecule has 0 radical (unpaired) electrons. The summed E-state index contributed by atoms with van der Waals surface area (Å²) >= 11 is 1.11. The van der Waals surface area contributed by atoms with Gasteiger partial charge >= 0.3 is 0 Å². The second-order valence-corrected chi connectivity index (χ2v) is 8.79. The van der Waals surface area contributed by atoms with Gasteiger partial charge in [-0.15, -0.1) is 11.3 Å². The van der Waals surface area contributed by atoms with Crippen molar-refractivity contribution >= 4 is 28.9 Å². The molecule has 0 aliphatic carbocycles. The number of aromatic nitrogens is 1. The molecule has 0 saturated carbocycles. The highest BCUT2D eigenvalue weighted by atomic mass is 32.1. The Labute approximate surface area is 206 Å². The van der Waals surface area contributed by atoms with Gasteiger partial charge in [-0.2, -0.15) is 5.26 Å². The van der Waals surface area contributed by atoms with Crippen LogP contribution in [0.3, 0.4) is 0 Å². The number of methoxy groups -OCH3 is 1. The molecule has 1 heterocycles. The Kier molecular flexibility index (Phi) is 7.24. The first-order valence-electron chi connectivity index (χ1n) is 10.9. The molecule has 1 atom stereocenters. The number of nitrogens with zero attached hydrogens (tertiary/aromatic N) is 2. The first-order valence-corrected chi connectivity index (χ1v) is 11.8. The van der Waals surface area contributed by atoms with Crippen molar-refractivity contribution in [3.8, 4) is 17.5 Å². The molecule has 3 aromatic carbocycles. The predicted octanol–water partition coefficient (Wildman–Crippen LogP) is 3.29. The van der Waals surface area contributed by atoms with Gasteiger partial charge in [-0.05, 0) is 48.4 Å². The fourth-order valence-electron chi connectivity index (χ4n) is 3.63. The van der Waals surface area contributed by atoms with E-state index >= 15 is 0 Å². The molecule has 4 rings (SSSR count). The molecule has 0 saturated heterocycles. The van der Waals surface area contributed by atoms with Crippen molar-refractivity contribution in [1.29, 1.82) is 5.26 Å². The second kappa shape index (κ2) is 10.7. The average Bonchev–Trinajstić information content (AvgIpc) is 3.20. The van der Waals surface area contributed by atoms with Crippen LogP contribution in [-0.2, 0) is 4.79 Å². The second-order valence-electron chi connectivity index (χ2n) is 7.76. The molecular formula is C28H23N3O3S. The van der Waals surface area contributed by atoms with Gasteiger partial charge < -0.3 is 10.1 Å². The SMILES string of the molecule is COc1cccc(/C=c2/s/c(=C(/C#N)C(=O)N[C@H](C)c3ccccc3)n(-c3ccccc3)c2=O)c1. The summed E-state index contributed by atoms with van der Waals surface area (Å²) in [6.45, 7) is 1.85. The Hall–Kier alpha value is -4.41. The topological polar surface area (TPSA) is 84.1 Å². The molecule has 0 unspecified atom stereocenters. The number of hydrogen-bond acceptors (Lipinski definition) is 5. The van der Waals surface area contributed by atoms with E-state index in [0.29, 0.717) is 16.0 Å². The lowest BCUT2D eigenvalue weighted by Crippen LogP contribution is -2.34. The Balaban J connectivity index is 1.89. The van der Waals surface area contributed by atoms with Crippen LogP contribution in [0.4, 0.5) is 0 Å². The maximum Gasteiger partial charge on any atom is 0.273 e. The average molecular weight is 482 g/mol. The number of thiazole rings is 1. The summed E-state index contributed by atoms with van der Waals surface area (Å²) in [7, 11) is 1.58. The zero-order valence-corrected chi connectivity index (χ0v) is 20.1. The van der Waals surface area contributed by atoms with Gasteiger partial charge in [0.05, 0.1) is 23.4 Å². The Morgan fingerprint density at radius 3 is 2.40 bits per heavy atom. The maximum absolute atomic E-state index is 13.5. The number of rotatable bonds is 6. The maximum atomic E-state index is 13.5. The quantitative estimate of drug-likeness (QED) is 0.458. The van der Waals surface area contributed by atoms with Gasteiger partial charge in [0.1, 0.15) is 16.5 Å². The van der Waals surface area contributed by atoms with Gasteiger partial charge in [0, 0.05) is 0 Å².